The van der Waals surface area contributed by atoms with Crippen molar-refractivity contribution in [1.82, 2.24) is 10.2 Å². The molecule has 4 heteroatoms. The molecule has 2 atom stereocenters. The largest absolute Gasteiger partial charge is 0.349 e. The van der Waals surface area contributed by atoms with E-state index in [0.717, 1.165) is 44.5 Å². The molecule has 1 aliphatic heterocycles. The van der Waals surface area contributed by atoms with E-state index in [4.69, 9.17) is 0 Å². The van der Waals surface area contributed by atoms with Crippen LogP contribution in [0, 0.1) is 11.7 Å². The van der Waals surface area contributed by atoms with Crippen LogP contribution in [0.1, 0.15) is 54.5 Å². The van der Waals surface area contributed by atoms with Crippen molar-refractivity contribution in [2.75, 3.05) is 13.1 Å². The fourth-order valence-electron chi connectivity index (χ4n) is 4.54. The van der Waals surface area contributed by atoms with E-state index >= 15 is 0 Å². The highest BCUT2D eigenvalue weighted by Crippen LogP contribution is 2.26. The quantitative estimate of drug-likeness (QED) is 0.834. The molecule has 1 heterocycles. The molecule has 0 aromatic heterocycles. The smallest absolute Gasteiger partial charge is 0.224 e. The summed E-state index contributed by atoms with van der Waals surface area (Å²) < 4.78 is 13.1. The maximum Gasteiger partial charge on any atom is 0.224 e. The molecule has 3 nitrogen and oxygen atoms in total. The molecule has 2 aromatic rings. The Kier molecular flexibility index (Phi) is 5.77. The number of likely N-dealkylation sites (tertiary alicyclic amines) is 1. The maximum absolute atomic E-state index is 13.1. The first-order valence-electron chi connectivity index (χ1n) is 10.5. The van der Waals surface area contributed by atoms with Crippen molar-refractivity contribution < 1.29 is 9.18 Å². The second-order valence-corrected chi connectivity index (χ2v) is 8.31. The topological polar surface area (TPSA) is 32.3 Å². The van der Waals surface area contributed by atoms with Crippen LogP contribution in [0.25, 0.3) is 0 Å². The van der Waals surface area contributed by atoms with Gasteiger partial charge in [-0.1, -0.05) is 30.3 Å². The van der Waals surface area contributed by atoms with Gasteiger partial charge >= 0.3 is 0 Å². The molecule has 0 spiro atoms. The van der Waals surface area contributed by atoms with E-state index in [1.807, 2.05) is 12.1 Å². The summed E-state index contributed by atoms with van der Waals surface area (Å²) in [5, 5.41) is 3.23. The van der Waals surface area contributed by atoms with Crippen LogP contribution in [0.5, 0.6) is 0 Å². The van der Waals surface area contributed by atoms with Crippen molar-refractivity contribution in [2.45, 2.75) is 51.6 Å². The first kappa shape index (κ1) is 19.1. The molecule has 1 aliphatic carbocycles. The van der Waals surface area contributed by atoms with Crippen LogP contribution in [-0.4, -0.2) is 23.9 Å². The summed E-state index contributed by atoms with van der Waals surface area (Å²) in [6, 6.07) is 13.4. The van der Waals surface area contributed by atoms with Gasteiger partial charge in [-0.15, -0.1) is 0 Å². The van der Waals surface area contributed by atoms with Gasteiger partial charge in [0, 0.05) is 13.1 Å². The number of halogens is 1. The van der Waals surface area contributed by atoms with Gasteiger partial charge in [-0.25, -0.2) is 4.39 Å². The summed E-state index contributed by atoms with van der Waals surface area (Å²) in [5.41, 5.74) is 5.20. The number of hydrogen-bond donors (Lipinski definition) is 1. The lowest BCUT2D eigenvalue weighted by molar-refractivity contribution is -0.127. The van der Waals surface area contributed by atoms with Crippen molar-refractivity contribution in [3.63, 3.8) is 0 Å². The normalized spacial score (nSPS) is 20.6. The first-order valence-corrected chi connectivity index (χ1v) is 10.5. The van der Waals surface area contributed by atoms with Gasteiger partial charge in [-0.2, -0.15) is 0 Å². The highest BCUT2D eigenvalue weighted by Gasteiger charge is 2.27. The van der Waals surface area contributed by atoms with Gasteiger partial charge in [-0.05, 0) is 80.0 Å². The number of fused-ring (bicyclic) bond motifs is 1. The van der Waals surface area contributed by atoms with Gasteiger partial charge in [0.15, 0.2) is 0 Å². The predicted molar refractivity (Wildman–Crippen MR) is 109 cm³/mol. The zero-order valence-corrected chi connectivity index (χ0v) is 16.6. The summed E-state index contributed by atoms with van der Waals surface area (Å²) >= 11 is 0. The highest BCUT2D eigenvalue weighted by molar-refractivity contribution is 5.79. The zero-order valence-electron chi connectivity index (χ0n) is 16.6. The molecule has 2 aliphatic rings. The Hall–Kier alpha value is -2.20. The Balaban J connectivity index is 1.34. The fraction of sp³-hybridized carbons (Fsp3) is 0.458. The maximum atomic E-state index is 13.1. The molecule has 28 heavy (non-hydrogen) atoms. The van der Waals surface area contributed by atoms with Crippen LogP contribution in [0.3, 0.4) is 0 Å². The minimum absolute atomic E-state index is 0.0195. The SMILES string of the molecule is C[C@@H](NC(=O)[C@H]1CCCN(Cc2ccc(F)cc2)C1)c1ccc2c(c1)CCC2. The van der Waals surface area contributed by atoms with Crippen LogP contribution in [0.15, 0.2) is 42.5 Å². The van der Waals surface area contributed by atoms with Crippen molar-refractivity contribution in [3.05, 3.63) is 70.5 Å². The van der Waals surface area contributed by atoms with Crippen molar-refractivity contribution in [2.24, 2.45) is 5.92 Å². The van der Waals surface area contributed by atoms with Crippen molar-refractivity contribution in [1.29, 1.82) is 0 Å². The lowest BCUT2D eigenvalue weighted by atomic mass is 9.95. The van der Waals surface area contributed by atoms with E-state index in [0.29, 0.717) is 0 Å². The third-order valence-corrected chi connectivity index (χ3v) is 6.18. The average Bonchev–Trinajstić information content (AvgIpc) is 3.18. The van der Waals surface area contributed by atoms with E-state index in [9.17, 15) is 9.18 Å². The number of hydrogen-bond acceptors (Lipinski definition) is 2. The third-order valence-electron chi connectivity index (χ3n) is 6.18. The molecule has 1 saturated heterocycles. The Morgan fingerprint density at radius 1 is 1.14 bits per heavy atom. The third kappa shape index (κ3) is 4.44. The highest BCUT2D eigenvalue weighted by atomic mass is 19.1. The van der Waals surface area contributed by atoms with Gasteiger partial charge in [0.25, 0.3) is 0 Å². The fourth-order valence-corrected chi connectivity index (χ4v) is 4.54. The molecule has 0 radical (unpaired) electrons. The monoisotopic (exact) mass is 380 g/mol. The number of rotatable bonds is 5. The minimum Gasteiger partial charge on any atom is -0.349 e. The number of amides is 1. The molecule has 0 saturated carbocycles. The van der Waals surface area contributed by atoms with Crippen LogP contribution >= 0.6 is 0 Å². The van der Waals surface area contributed by atoms with Crippen LogP contribution in [-0.2, 0) is 24.2 Å². The Morgan fingerprint density at radius 2 is 1.93 bits per heavy atom. The summed E-state index contributed by atoms with van der Waals surface area (Å²) in [7, 11) is 0. The van der Waals surface area contributed by atoms with Crippen molar-refractivity contribution in [3.8, 4) is 0 Å². The molecule has 1 N–H and O–H groups in total. The average molecular weight is 381 g/mol. The molecule has 148 valence electrons. The second-order valence-electron chi connectivity index (χ2n) is 8.31. The molecule has 4 rings (SSSR count). The molecular weight excluding hydrogens is 351 g/mol. The molecule has 2 aromatic carbocycles. The van der Waals surface area contributed by atoms with Crippen molar-refractivity contribution >= 4 is 5.91 Å². The number of carbonyl (C=O) groups is 1. The van der Waals surface area contributed by atoms with Crippen LogP contribution in [0.2, 0.25) is 0 Å². The summed E-state index contributed by atoms with van der Waals surface area (Å²) in [5.74, 6) is -0.0388. The second kappa shape index (κ2) is 8.44. The van der Waals surface area contributed by atoms with Gasteiger partial charge in [0.05, 0.1) is 12.0 Å². The molecule has 1 fully saturated rings. The van der Waals surface area contributed by atoms with E-state index in [2.05, 4.69) is 35.3 Å². The van der Waals surface area contributed by atoms with E-state index in [-0.39, 0.29) is 23.7 Å². The van der Waals surface area contributed by atoms with E-state index in [1.165, 1.54) is 41.7 Å². The number of carbonyl (C=O) groups excluding carboxylic acids is 1. The molecule has 0 unspecified atom stereocenters. The lowest BCUT2D eigenvalue weighted by Gasteiger charge is -2.32. The van der Waals surface area contributed by atoms with Gasteiger partial charge in [0.2, 0.25) is 5.91 Å². The number of benzene rings is 2. The summed E-state index contributed by atoms with van der Waals surface area (Å²) in [6.07, 6.45) is 5.54. The number of nitrogens with zero attached hydrogens (tertiary/aromatic N) is 1. The lowest BCUT2D eigenvalue weighted by Crippen LogP contribution is -2.43. The Bertz CT molecular complexity index is 833. The van der Waals surface area contributed by atoms with Crippen LogP contribution < -0.4 is 5.32 Å². The molecular formula is C24H29FN2O. The van der Waals surface area contributed by atoms with E-state index < -0.39 is 0 Å². The zero-order chi connectivity index (χ0) is 19.5. The summed E-state index contributed by atoms with van der Waals surface area (Å²) in [6.45, 7) is 4.60. The number of nitrogens with one attached hydrogen (secondary N) is 1. The Labute approximate surface area is 166 Å². The van der Waals surface area contributed by atoms with E-state index in [1.54, 1.807) is 0 Å². The number of aryl methyl sites for hydroxylation is 2. The standard InChI is InChI=1S/C24H29FN2O/c1-17(20-10-9-19-4-2-5-21(19)14-20)26-24(28)22-6-3-13-27(16-22)15-18-7-11-23(25)12-8-18/h7-12,14,17,22H,2-6,13,15-16H2,1H3,(H,26,28)/t17-,22+/m1/s1. The van der Waals surface area contributed by atoms with Crippen LogP contribution in [0.4, 0.5) is 4.39 Å². The molecule has 1 amide bonds. The van der Waals surface area contributed by atoms with Gasteiger partial charge < -0.3 is 5.32 Å². The predicted octanol–water partition coefficient (Wildman–Crippen LogP) is 4.40. The first-order chi connectivity index (χ1) is 13.6. The van der Waals surface area contributed by atoms with Gasteiger partial charge in [0.1, 0.15) is 5.82 Å². The van der Waals surface area contributed by atoms with Gasteiger partial charge in [-0.3, -0.25) is 9.69 Å². The molecule has 0 bridgehead atoms. The Morgan fingerprint density at radius 3 is 2.75 bits per heavy atom. The number of piperidine rings is 1. The minimum atomic E-state index is -0.208. The summed E-state index contributed by atoms with van der Waals surface area (Å²) in [4.78, 5) is 15.2.